The number of nitrogens with one attached hydrogen (secondary N) is 1. The van der Waals surface area contributed by atoms with Crippen molar-refractivity contribution in [1.29, 1.82) is 0 Å². The van der Waals surface area contributed by atoms with Gasteiger partial charge in [0.1, 0.15) is 10.2 Å². The number of hydrogen-bond acceptors (Lipinski definition) is 7. The molecule has 3 N–H and O–H groups in total. The first-order valence-corrected chi connectivity index (χ1v) is 8.44. The first-order valence-electron chi connectivity index (χ1n) is 7.25. The molecule has 0 radical (unpaired) electrons. The van der Waals surface area contributed by atoms with Crippen LogP contribution >= 0.6 is 22.9 Å². The summed E-state index contributed by atoms with van der Waals surface area (Å²) in [4.78, 5) is 11.8. The van der Waals surface area contributed by atoms with Crippen molar-refractivity contribution in [2.45, 2.75) is 13.3 Å². The van der Waals surface area contributed by atoms with Crippen LogP contribution in [-0.4, -0.2) is 32.1 Å². The minimum absolute atomic E-state index is 0.0577. The van der Waals surface area contributed by atoms with E-state index in [1.165, 1.54) is 6.21 Å². The van der Waals surface area contributed by atoms with Gasteiger partial charge in [0.05, 0.1) is 29.6 Å². The van der Waals surface area contributed by atoms with Crippen LogP contribution in [0.2, 0.25) is 5.15 Å². The van der Waals surface area contributed by atoms with Crippen molar-refractivity contribution < 1.29 is 4.79 Å². The van der Waals surface area contributed by atoms with E-state index in [9.17, 15) is 4.79 Å². The zero-order valence-electron chi connectivity index (χ0n) is 13.2. The molecule has 0 atom stereocenters. The van der Waals surface area contributed by atoms with Crippen LogP contribution in [-0.2, 0) is 11.2 Å². The van der Waals surface area contributed by atoms with Gasteiger partial charge in [-0.25, -0.2) is 10.1 Å². The number of aromatic nitrogens is 4. The molecule has 25 heavy (non-hydrogen) atoms. The summed E-state index contributed by atoms with van der Waals surface area (Å²) in [5, 5.41) is 17.0. The molecule has 0 saturated carbocycles. The van der Waals surface area contributed by atoms with E-state index in [1.807, 2.05) is 37.3 Å². The van der Waals surface area contributed by atoms with Crippen molar-refractivity contribution in [2.24, 2.45) is 5.10 Å². The molecule has 0 aliphatic carbocycles. The summed E-state index contributed by atoms with van der Waals surface area (Å²) in [5.74, 6) is -0.323. The average molecular weight is 376 g/mol. The van der Waals surface area contributed by atoms with E-state index in [4.69, 9.17) is 17.3 Å². The second-order valence-electron chi connectivity index (χ2n) is 5.04. The number of rotatable bonds is 5. The molecule has 1 amide bonds. The predicted octanol–water partition coefficient (Wildman–Crippen LogP) is 1.96. The molecule has 0 aliphatic heterocycles. The fourth-order valence-corrected chi connectivity index (χ4v) is 3.01. The van der Waals surface area contributed by atoms with Gasteiger partial charge in [-0.1, -0.05) is 41.1 Å². The third-order valence-corrected chi connectivity index (χ3v) is 4.34. The molecule has 2 heterocycles. The van der Waals surface area contributed by atoms with E-state index in [-0.39, 0.29) is 12.3 Å². The third-order valence-electron chi connectivity index (χ3n) is 3.23. The van der Waals surface area contributed by atoms with Gasteiger partial charge in [0.15, 0.2) is 0 Å². The highest BCUT2D eigenvalue weighted by atomic mass is 35.5. The van der Waals surface area contributed by atoms with Crippen molar-refractivity contribution in [1.82, 2.24) is 25.4 Å². The van der Waals surface area contributed by atoms with E-state index >= 15 is 0 Å². The number of nitrogens with two attached hydrogens (primary N) is 1. The van der Waals surface area contributed by atoms with Crippen LogP contribution < -0.4 is 11.2 Å². The highest BCUT2D eigenvalue weighted by molar-refractivity contribution is 7.15. The monoisotopic (exact) mass is 375 g/mol. The SMILES string of the molecule is Cc1nn(-c2ccccc2)c(Cl)c1/C=N\NC(=O)Cc1nnc(N)s1. The Balaban J connectivity index is 1.69. The Kier molecular flexibility index (Phi) is 5.05. The lowest BCUT2D eigenvalue weighted by Crippen LogP contribution is -2.19. The number of carbonyl (C=O) groups is 1. The molecular weight excluding hydrogens is 362 g/mol. The van der Waals surface area contributed by atoms with Gasteiger partial charge in [-0.05, 0) is 19.1 Å². The molecule has 0 spiro atoms. The molecule has 0 bridgehead atoms. The number of hydrazone groups is 1. The summed E-state index contributed by atoms with van der Waals surface area (Å²) in [7, 11) is 0. The fraction of sp³-hybridized carbons (Fsp3) is 0.133. The van der Waals surface area contributed by atoms with Gasteiger partial charge < -0.3 is 5.73 Å². The summed E-state index contributed by atoms with van der Waals surface area (Å²) in [6, 6.07) is 9.51. The molecule has 10 heteroatoms. The molecule has 8 nitrogen and oxygen atoms in total. The number of benzene rings is 1. The van der Waals surface area contributed by atoms with Crippen molar-refractivity contribution in [3.8, 4) is 5.69 Å². The lowest BCUT2D eigenvalue weighted by Gasteiger charge is -2.01. The van der Waals surface area contributed by atoms with Gasteiger partial charge in [-0.15, -0.1) is 10.2 Å². The van der Waals surface area contributed by atoms with Crippen molar-refractivity contribution in [3.05, 3.63) is 51.7 Å². The number of hydrogen-bond donors (Lipinski definition) is 2. The average Bonchev–Trinajstić information content (AvgIpc) is 3.13. The maximum Gasteiger partial charge on any atom is 0.247 e. The summed E-state index contributed by atoms with van der Waals surface area (Å²) < 4.78 is 1.62. The van der Waals surface area contributed by atoms with Crippen LogP contribution in [0, 0.1) is 6.92 Å². The maximum absolute atomic E-state index is 11.8. The van der Waals surface area contributed by atoms with Crippen LogP contribution in [0.4, 0.5) is 5.13 Å². The number of amides is 1. The van der Waals surface area contributed by atoms with E-state index in [2.05, 4.69) is 25.8 Å². The zero-order chi connectivity index (χ0) is 17.8. The smallest absolute Gasteiger partial charge is 0.247 e. The molecule has 3 aromatic rings. The van der Waals surface area contributed by atoms with Crippen molar-refractivity contribution >= 4 is 40.2 Å². The summed E-state index contributed by atoms with van der Waals surface area (Å²) >= 11 is 7.54. The molecule has 3 rings (SSSR count). The topological polar surface area (TPSA) is 111 Å². The van der Waals surface area contributed by atoms with E-state index in [0.29, 0.717) is 26.5 Å². The normalized spacial score (nSPS) is 11.1. The molecule has 0 fully saturated rings. The molecule has 0 saturated heterocycles. The van der Waals surface area contributed by atoms with Crippen LogP contribution in [0.5, 0.6) is 0 Å². The Morgan fingerprint density at radius 1 is 1.40 bits per heavy atom. The summed E-state index contributed by atoms with van der Waals surface area (Å²) in [6.07, 6.45) is 1.53. The van der Waals surface area contributed by atoms with E-state index in [1.54, 1.807) is 4.68 Å². The Morgan fingerprint density at radius 2 is 2.16 bits per heavy atom. The molecule has 0 unspecified atom stereocenters. The first-order chi connectivity index (χ1) is 12.0. The van der Waals surface area contributed by atoms with Gasteiger partial charge in [-0.3, -0.25) is 4.79 Å². The number of para-hydroxylation sites is 1. The number of carbonyl (C=O) groups excluding carboxylic acids is 1. The molecule has 2 aromatic heterocycles. The molecule has 1 aromatic carbocycles. The molecule has 0 aliphatic rings. The second-order valence-corrected chi connectivity index (χ2v) is 6.49. The van der Waals surface area contributed by atoms with Crippen LogP contribution in [0.1, 0.15) is 16.3 Å². The standard InChI is InChI=1S/C15H14ClN7OS/c1-9-11(14(16)23(22-9)10-5-3-2-4-6-10)8-18-19-12(24)7-13-20-21-15(17)25-13/h2-6,8H,7H2,1H3,(H2,17,21)(H,19,24)/b18-8-. The van der Waals surface area contributed by atoms with Crippen LogP contribution in [0.15, 0.2) is 35.4 Å². The lowest BCUT2D eigenvalue weighted by atomic mass is 10.3. The summed E-state index contributed by atoms with van der Waals surface area (Å²) in [5.41, 5.74) is 10.1. The van der Waals surface area contributed by atoms with Crippen molar-refractivity contribution in [3.63, 3.8) is 0 Å². The number of nitrogen functional groups attached to an aromatic ring is 1. The Labute approximate surface area is 152 Å². The molecular formula is C15H14ClN7OS. The van der Waals surface area contributed by atoms with Gasteiger partial charge in [0.2, 0.25) is 11.0 Å². The molecule has 128 valence electrons. The van der Waals surface area contributed by atoms with Gasteiger partial charge in [0.25, 0.3) is 0 Å². The van der Waals surface area contributed by atoms with Crippen LogP contribution in [0.3, 0.4) is 0 Å². The zero-order valence-corrected chi connectivity index (χ0v) is 14.8. The lowest BCUT2D eigenvalue weighted by molar-refractivity contribution is -0.120. The van der Waals surface area contributed by atoms with E-state index < -0.39 is 0 Å². The predicted molar refractivity (Wildman–Crippen MR) is 97.1 cm³/mol. The second kappa shape index (κ2) is 7.41. The van der Waals surface area contributed by atoms with E-state index in [0.717, 1.165) is 17.0 Å². The minimum Gasteiger partial charge on any atom is -0.374 e. The quantitative estimate of drug-likeness (QED) is 0.523. The fourth-order valence-electron chi connectivity index (χ4n) is 2.08. The number of aryl methyl sites for hydroxylation is 1. The first kappa shape index (κ1) is 17.1. The third kappa shape index (κ3) is 4.01. The minimum atomic E-state index is -0.323. The largest absolute Gasteiger partial charge is 0.374 e. The maximum atomic E-state index is 11.8. The Bertz CT molecular complexity index is 919. The Morgan fingerprint density at radius 3 is 2.84 bits per heavy atom. The van der Waals surface area contributed by atoms with Gasteiger partial charge >= 0.3 is 0 Å². The Hall–Kier alpha value is -2.78. The highest BCUT2D eigenvalue weighted by Crippen LogP contribution is 2.21. The summed E-state index contributed by atoms with van der Waals surface area (Å²) in [6.45, 7) is 1.82. The van der Waals surface area contributed by atoms with Gasteiger partial charge in [-0.2, -0.15) is 10.2 Å². The van der Waals surface area contributed by atoms with Gasteiger partial charge in [0, 0.05) is 0 Å². The van der Waals surface area contributed by atoms with Crippen molar-refractivity contribution in [2.75, 3.05) is 5.73 Å². The number of halogens is 1. The highest BCUT2D eigenvalue weighted by Gasteiger charge is 2.13. The number of nitrogens with zero attached hydrogens (tertiary/aromatic N) is 5. The number of anilines is 1. The van der Waals surface area contributed by atoms with Crippen LogP contribution in [0.25, 0.3) is 5.69 Å².